The van der Waals surface area contributed by atoms with Gasteiger partial charge in [-0.15, -0.1) is 0 Å². The average molecular weight is 374 g/mol. The predicted octanol–water partition coefficient (Wildman–Crippen LogP) is 5.22. The molecule has 0 aliphatic heterocycles. The molecule has 3 aromatic rings. The number of rotatable bonds is 8. The fourth-order valence-corrected chi connectivity index (χ4v) is 3.13. The van der Waals surface area contributed by atoms with Gasteiger partial charge in [-0.2, -0.15) is 0 Å². The van der Waals surface area contributed by atoms with Crippen molar-refractivity contribution in [3.05, 3.63) is 78.9 Å². The highest BCUT2D eigenvalue weighted by Crippen LogP contribution is 2.29. The van der Waals surface area contributed by atoms with Crippen LogP contribution < -0.4 is 15.0 Å². The van der Waals surface area contributed by atoms with E-state index >= 15 is 0 Å². The Balaban J connectivity index is 1.61. The predicted molar refractivity (Wildman–Crippen MR) is 116 cm³/mol. The van der Waals surface area contributed by atoms with E-state index in [4.69, 9.17) is 4.74 Å². The summed E-state index contributed by atoms with van der Waals surface area (Å²) < 4.78 is 5.80. The number of amides is 1. The van der Waals surface area contributed by atoms with Gasteiger partial charge in [-0.05, 0) is 49.7 Å². The van der Waals surface area contributed by atoms with Crippen LogP contribution in [0.1, 0.15) is 13.8 Å². The molecule has 0 unspecified atom stereocenters. The van der Waals surface area contributed by atoms with Gasteiger partial charge in [0.2, 0.25) is 0 Å². The normalized spacial score (nSPS) is 10.4. The van der Waals surface area contributed by atoms with Gasteiger partial charge in [0, 0.05) is 30.0 Å². The van der Waals surface area contributed by atoms with E-state index < -0.39 is 0 Å². The molecular weight excluding hydrogens is 348 g/mol. The molecule has 0 aliphatic carbocycles. The molecule has 0 heterocycles. The van der Waals surface area contributed by atoms with Crippen LogP contribution in [0.3, 0.4) is 0 Å². The van der Waals surface area contributed by atoms with E-state index in [1.165, 1.54) is 0 Å². The lowest BCUT2D eigenvalue weighted by molar-refractivity contribution is -0.118. The van der Waals surface area contributed by atoms with Crippen molar-refractivity contribution in [2.75, 3.05) is 29.9 Å². The van der Waals surface area contributed by atoms with E-state index in [2.05, 4.69) is 24.1 Å². The summed E-state index contributed by atoms with van der Waals surface area (Å²) in [7, 11) is 0. The molecule has 1 amide bonds. The highest BCUT2D eigenvalue weighted by molar-refractivity contribution is 5.92. The highest BCUT2D eigenvalue weighted by atomic mass is 16.5. The summed E-state index contributed by atoms with van der Waals surface area (Å²) in [6.07, 6.45) is 0. The second-order valence-electron chi connectivity index (χ2n) is 6.42. The van der Waals surface area contributed by atoms with E-state index in [1.54, 1.807) is 0 Å². The quantitative estimate of drug-likeness (QED) is 0.588. The second kappa shape index (κ2) is 9.60. The minimum absolute atomic E-state index is 0.0400. The Morgan fingerprint density at radius 3 is 2.18 bits per heavy atom. The van der Waals surface area contributed by atoms with E-state index in [0.29, 0.717) is 5.75 Å². The van der Waals surface area contributed by atoms with Crippen LogP contribution in [0, 0.1) is 0 Å². The van der Waals surface area contributed by atoms with Gasteiger partial charge in [-0.1, -0.05) is 48.5 Å². The third-order valence-electron chi connectivity index (χ3n) is 4.61. The van der Waals surface area contributed by atoms with Gasteiger partial charge >= 0.3 is 0 Å². The molecule has 4 nitrogen and oxygen atoms in total. The number of nitrogens with zero attached hydrogens (tertiary/aromatic N) is 1. The van der Waals surface area contributed by atoms with Gasteiger partial charge < -0.3 is 15.0 Å². The van der Waals surface area contributed by atoms with Crippen LogP contribution in [0.15, 0.2) is 78.9 Å². The van der Waals surface area contributed by atoms with Gasteiger partial charge in [-0.25, -0.2) is 0 Å². The number of carbonyl (C=O) groups is 1. The Bertz CT molecular complexity index is 888. The van der Waals surface area contributed by atoms with Crippen molar-refractivity contribution >= 4 is 17.3 Å². The molecule has 0 aliphatic rings. The Kier molecular flexibility index (Phi) is 6.68. The maximum atomic E-state index is 12.3. The molecule has 0 atom stereocenters. The first kappa shape index (κ1) is 19.5. The first-order chi connectivity index (χ1) is 13.7. The number of nitrogens with one attached hydrogen (secondary N) is 1. The minimum Gasteiger partial charge on any atom is -0.483 e. The van der Waals surface area contributed by atoms with Crippen molar-refractivity contribution in [3.63, 3.8) is 0 Å². The zero-order chi connectivity index (χ0) is 19.8. The SMILES string of the molecule is CCN(CC)c1ccc(NC(=O)COc2ccccc2-c2ccccc2)cc1. The molecule has 28 heavy (non-hydrogen) atoms. The van der Waals surface area contributed by atoms with Crippen LogP contribution in [0.25, 0.3) is 11.1 Å². The van der Waals surface area contributed by atoms with Crippen molar-refractivity contribution in [2.24, 2.45) is 0 Å². The summed E-state index contributed by atoms with van der Waals surface area (Å²) in [5.41, 5.74) is 3.95. The third-order valence-corrected chi connectivity index (χ3v) is 4.61. The second-order valence-corrected chi connectivity index (χ2v) is 6.42. The Hall–Kier alpha value is -3.27. The maximum absolute atomic E-state index is 12.3. The van der Waals surface area contributed by atoms with Gasteiger partial charge in [0.1, 0.15) is 5.75 Å². The van der Waals surface area contributed by atoms with Crippen molar-refractivity contribution in [1.82, 2.24) is 0 Å². The van der Waals surface area contributed by atoms with Crippen molar-refractivity contribution in [3.8, 4) is 16.9 Å². The number of benzene rings is 3. The maximum Gasteiger partial charge on any atom is 0.262 e. The molecule has 0 bridgehead atoms. The first-order valence-corrected chi connectivity index (χ1v) is 9.63. The summed E-state index contributed by atoms with van der Waals surface area (Å²) in [5, 5.41) is 2.89. The zero-order valence-corrected chi connectivity index (χ0v) is 16.4. The van der Waals surface area contributed by atoms with Crippen LogP contribution in [0.4, 0.5) is 11.4 Å². The lowest BCUT2D eigenvalue weighted by Gasteiger charge is -2.21. The summed E-state index contributed by atoms with van der Waals surface area (Å²) >= 11 is 0. The lowest BCUT2D eigenvalue weighted by Crippen LogP contribution is -2.22. The van der Waals surface area contributed by atoms with E-state index in [-0.39, 0.29) is 12.5 Å². The average Bonchev–Trinajstić information content (AvgIpc) is 2.75. The minimum atomic E-state index is -0.182. The van der Waals surface area contributed by atoms with Crippen LogP contribution >= 0.6 is 0 Å². The molecule has 0 spiro atoms. The fourth-order valence-electron chi connectivity index (χ4n) is 3.13. The Morgan fingerprint density at radius 2 is 1.50 bits per heavy atom. The van der Waals surface area contributed by atoms with Crippen LogP contribution in [0.2, 0.25) is 0 Å². The van der Waals surface area contributed by atoms with Gasteiger partial charge in [0.15, 0.2) is 6.61 Å². The molecule has 3 rings (SSSR count). The number of carbonyl (C=O) groups excluding carboxylic acids is 1. The van der Waals surface area contributed by atoms with E-state index in [1.807, 2.05) is 78.9 Å². The van der Waals surface area contributed by atoms with Crippen LogP contribution in [-0.4, -0.2) is 25.6 Å². The number of ether oxygens (including phenoxy) is 1. The topological polar surface area (TPSA) is 41.6 Å². The summed E-state index contributed by atoms with van der Waals surface area (Å²) in [5.74, 6) is 0.513. The molecule has 3 aromatic carbocycles. The Morgan fingerprint density at radius 1 is 0.857 bits per heavy atom. The van der Waals surface area contributed by atoms with Crippen molar-refractivity contribution in [1.29, 1.82) is 0 Å². The monoisotopic (exact) mass is 374 g/mol. The Labute approximate surface area is 166 Å². The number of hydrogen-bond acceptors (Lipinski definition) is 3. The summed E-state index contributed by atoms with van der Waals surface area (Å²) in [6.45, 7) is 6.13. The van der Waals surface area contributed by atoms with Crippen molar-refractivity contribution in [2.45, 2.75) is 13.8 Å². The molecule has 0 saturated carbocycles. The van der Waals surface area contributed by atoms with E-state index in [0.717, 1.165) is 35.6 Å². The molecule has 0 saturated heterocycles. The smallest absolute Gasteiger partial charge is 0.262 e. The molecule has 0 fully saturated rings. The van der Waals surface area contributed by atoms with Crippen LogP contribution in [0.5, 0.6) is 5.75 Å². The zero-order valence-electron chi connectivity index (χ0n) is 16.4. The number of para-hydroxylation sites is 1. The van der Waals surface area contributed by atoms with Crippen LogP contribution in [-0.2, 0) is 4.79 Å². The molecule has 0 radical (unpaired) electrons. The highest BCUT2D eigenvalue weighted by Gasteiger charge is 2.09. The fraction of sp³-hybridized carbons (Fsp3) is 0.208. The van der Waals surface area contributed by atoms with Gasteiger partial charge in [0.05, 0.1) is 0 Å². The standard InChI is InChI=1S/C24H26N2O2/c1-3-26(4-2)21-16-14-20(15-17-21)25-24(27)18-28-23-13-9-8-12-22(23)19-10-6-5-7-11-19/h5-17H,3-4,18H2,1-2H3,(H,25,27). The van der Waals surface area contributed by atoms with E-state index in [9.17, 15) is 4.79 Å². The number of anilines is 2. The summed E-state index contributed by atoms with van der Waals surface area (Å²) in [4.78, 5) is 14.6. The molecule has 4 heteroatoms. The van der Waals surface area contributed by atoms with Gasteiger partial charge in [-0.3, -0.25) is 4.79 Å². The van der Waals surface area contributed by atoms with Gasteiger partial charge in [0.25, 0.3) is 5.91 Å². The molecular formula is C24H26N2O2. The summed E-state index contributed by atoms with van der Waals surface area (Å²) in [6, 6.07) is 25.6. The largest absolute Gasteiger partial charge is 0.483 e. The first-order valence-electron chi connectivity index (χ1n) is 9.63. The molecule has 144 valence electrons. The number of hydrogen-bond donors (Lipinski definition) is 1. The molecule has 1 N–H and O–H groups in total. The lowest BCUT2D eigenvalue weighted by atomic mass is 10.1. The molecule has 0 aromatic heterocycles. The van der Waals surface area contributed by atoms with Crippen molar-refractivity contribution < 1.29 is 9.53 Å². The third kappa shape index (κ3) is 4.92.